The van der Waals surface area contributed by atoms with Crippen molar-refractivity contribution >= 4 is 44.7 Å². The maximum atomic E-state index is 13.1. The number of nitrogens with one attached hydrogen (secondary N) is 3. The number of likely N-dealkylation sites (N-methyl/N-ethyl adjacent to an activating group) is 1. The Balaban J connectivity index is 1.44. The number of hydrogen-bond acceptors (Lipinski definition) is 9. The number of anilines is 4. The molecule has 0 spiro atoms. The maximum Gasteiger partial charge on any atom is 0.256 e. The van der Waals surface area contributed by atoms with E-state index in [2.05, 4.69) is 72.8 Å². The van der Waals surface area contributed by atoms with Crippen molar-refractivity contribution in [3.8, 4) is 0 Å². The van der Waals surface area contributed by atoms with E-state index in [0.29, 0.717) is 41.5 Å². The van der Waals surface area contributed by atoms with Crippen LogP contribution < -0.4 is 16.0 Å². The molecule has 0 radical (unpaired) electrons. The van der Waals surface area contributed by atoms with Crippen molar-refractivity contribution < 1.29 is 9.00 Å². The molecule has 0 saturated carbocycles. The molecule has 10 nitrogen and oxygen atoms in total. The zero-order valence-electron chi connectivity index (χ0n) is 23.1. The van der Waals surface area contributed by atoms with Crippen LogP contribution in [-0.4, -0.2) is 61.6 Å². The molecule has 2 aliphatic heterocycles. The van der Waals surface area contributed by atoms with E-state index >= 15 is 0 Å². The number of nitrogens with zero attached hydrogens (tertiary/aromatic N) is 5. The minimum atomic E-state index is -2.30. The Morgan fingerprint density at radius 1 is 1.18 bits per heavy atom. The first kappa shape index (κ1) is 27.7. The number of fused-ring (bicyclic) bond motifs is 1. The summed E-state index contributed by atoms with van der Waals surface area (Å²) < 4.78 is 17.6. The van der Waals surface area contributed by atoms with Crippen LogP contribution in [0.5, 0.6) is 0 Å². The first-order chi connectivity index (χ1) is 19.3. The first-order valence-corrected chi connectivity index (χ1v) is 15.5. The van der Waals surface area contributed by atoms with E-state index in [-0.39, 0.29) is 11.5 Å². The monoisotopic (exact) mass is 560 g/mol. The van der Waals surface area contributed by atoms with Gasteiger partial charge in [0.25, 0.3) is 5.91 Å². The lowest BCUT2D eigenvalue weighted by atomic mass is 9.94. The molecule has 1 amide bonds. The van der Waals surface area contributed by atoms with E-state index in [9.17, 15) is 9.00 Å². The minimum Gasteiger partial charge on any atom is -0.348 e. The highest BCUT2D eigenvalue weighted by molar-refractivity contribution is 7.93. The fraction of sp³-hybridized carbons (Fsp3) is 0.379. The SMILES string of the molecule is C=CCNC(=O)c1cnc(Nc2cc(C)c3c(c2)CN(C)CC3)nc1Nc1cccc(N=S2(=O)CCCCC2)n1. The fourth-order valence-electron chi connectivity index (χ4n) is 5.09. The van der Waals surface area contributed by atoms with E-state index in [1.54, 1.807) is 24.3 Å². The first-order valence-electron chi connectivity index (χ1n) is 13.6. The number of carbonyl (C=O) groups is 1. The third-order valence-corrected chi connectivity index (χ3v) is 9.49. The van der Waals surface area contributed by atoms with E-state index < -0.39 is 9.73 Å². The fourth-order valence-corrected chi connectivity index (χ4v) is 7.23. The lowest BCUT2D eigenvalue weighted by molar-refractivity contribution is 0.0958. The summed E-state index contributed by atoms with van der Waals surface area (Å²) in [6.07, 6.45) is 7.05. The van der Waals surface area contributed by atoms with E-state index in [1.807, 2.05) is 0 Å². The van der Waals surface area contributed by atoms with Crippen molar-refractivity contribution in [2.24, 2.45) is 4.36 Å². The number of aromatic nitrogens is 3. The van der Waals surface area contributed by atoms with Crippen LogP contribution in [0.15, 0.2) is 53.5 Å². The summed E-state index contributed by atoms with van der Waals surface area (Å²) in [6, 6.07) is 9.54. The van der Waals surface area contributed by atoms with Crippen LogP contribution in [0.2, 0.25) is 0 Å². The molecule has 0 bridgehead atoms. The van der Waals surface area contributed by atoms with Gasteiger partial charge in [-0.05, 0) is 74.2 Å². The molecule has 3 aromatic rings. The Bertz CT molecular complexity index is 1530. The number of aryl methyl sites for hydroxylation is 1. The van der Waals surface area contributed by atoms with Gasteiger partial charge in [0.1, 0.15) is 17.2 Å². The van der Waals surface area contributed by atoms with Gasteiger partial charge in [0.05, 0.1) is 9.73 Å². The third kappa shape index (κ3) is 6.65. The summed E-state index contributed by atoms with van der Waals surface area (Å²) >= 11 is 0. The average molecular weight is 561 g/mol. The molecule has 3 N–H and O–H groups in total. The summed E-state index contributed by atoms with van der Waals surface area (Å²) in [5.74, 6) is 2.33. The zero-order chi connectivity index (χ0) is 28.1. The Morgan fingerprint density at radius 3 is 2.80 bits per heavy atom. The normalized spacial score (nSPS) is 16.4. The highest BCUT2D eigenvalue weighted by atomic mass is 32.2. The Kier molecular flexibility index (Phi) is 8.41. The van der Waals surface area contributed by atoms with E-state index in [1.165, 1.54) is 22.9 Å². The van der Waals surface area contributed by atoms with Gasteiger partial charge in [-0.3, -0.25) is 4.79 Å². The number of carbonyl (C=O) groups excluding carboxylic acids is 1. The molecule has 2 aliphatic rings. The number of amides is 1. The smallest absolute Gasteiger partial charge is 0.256 e. The molecule has 210 valence electrons. The Labute approximate surface area is 235 Å². The van der Waals surface area contributed by atoms with Gasteiger partial charge in [-0.25, -0.2) is 14.2 Å². The molecule has 1 saturated heterocycles. The largest absolute Gasteiger partial charge is 0.348 e. The van der Waals surface area contributed by atoms with Gasteiger partial charge >= 0.3 is 0 Å². The average Bonchev–Trinajstić information content (AvgIpc) is 2.92. The molecule has 1 aromatic carbocycles. The van der Waals surface area contributed by atoms with Crippen LogP contribution in [0.1, 0.15) is 46.3 Å². The predicted molar refractivity (Wildman–Crippen MR) is 160 cm³/mol. The molecule has 4 heterocycles. The minimum absolute atomic E-state index is 0.262. The van der Waals surface area contributed by atoms with Gasteiger partial charge in [-0.1, -0.05) is 18.6 Å². The Morgan fingerprint density at radius 2 is 2.00 bits per heavy atom. The van der Waals surface area contributed by atoms with Crippen molar-refractivity contribution in [3.63, 3.8) is 0 Å². The third-order valence-electron chi connectivity index (χ3n) is 7.11. The second kappa shape index (κ2) is 12.1. The summed E-state index contributed by atoms with van der Waals surface area (Å²) in [4.78, 5) is 28.9. The van der Waals surface area contributed by atoms with Crippen LogP contribution in [-0.2, 0) is 22.7 Å². The quantitative estimate of drug-likeness (QED) is 0.334. The number of benzene rings is 1. The van der Waals surface area contributed by atoms with Crippen LogP contribution in [0.3, 0.4) is 0 Å². The molecule has 0 aliphatic carbocycles. The highest BCUT2D eigenvalue weighted by Gasteiger charge is 2.19. The van der Waals surface area contributed by atoms with Gasteiger partial charge in [0, 0.05) is 43.0 Å². The second-order valence-electron chi connectivity index (χ2n) is 10.3. The van der Waals surface area contributed by atoms with Crippen molar-refractivity contribution in [2.45, 2.75) is 39.2 Å². The van der Waals surface area contributed by atoms with Crippen molar-refractivity contribution in [1.82, 2.24) is 25.2 Å². The lowest BCUT2D eigenvalue weighted by Crippen LogP contribution is -2.27. The van der Waals surface area contributed by atoms with Crippen LogP contribution in [0.4, 0.5) is 29.1 Å². The molecular formula is C29H36N8O2S. The van der Waals surface area contributed by atoms with Crippen LogP contribution >= 0.6 is 0 Å². The maximum absolute atomic E-state index is 13.1. The lowest BCUT2D eigenvalue weighted by Gasteiger charge is -2.27. The van der Waals surface area contributed by atoms with E-state index in [0.717, 1.165) is 44.5 Å². The van der Waals surface area contributed by atoms with Crippen molar-refractivity contribution in [1.29, 1.82) is 0 Å². The molecular weight excluding hydrogens is 524 g/mol. The summed E-state index contributed by atoms with van der Waals surface area (Å²) in [7, 11) is -0.173. The Hall–Kier alpha value is -3.83. The van der Waals surface area contributed by atoms with E-state index in [4.69, 9.17) is 0 Å². The molecule has 2 aromatic heterocycles. The van der Waals surface area contributed by atoms with Gasteiger partial charge in [-0.2, -0.15) is 9.35 Å². The van der Waals surface area contributed by atoms with Crippen molar-refractivity contribution in [2.75, 3.05) is 42.3 Å². The molecule has 11 heteroatoms. The summed E-state index contributed by atoms with van der Waals surface area (Å²) in [5.41, 5.74) is 5.06. The molecule has 0 atom stereocenters. The van der Waals surface area contributed by atoms with Crippen LogP contribution in [0, 0.1) is 6.92 Å². The summed E-state index contributed by atoms with van der Waals surface area (Å²) in [5, 5.41) is 9.26. The van der Waals surface area contributed by atoms with Gasteiger partial charge in [-0.15, -0.1) is 6.58 Å². The zero-order valence-corrected chi connectivity index (χ0v) is 23.9. The van der Waals surface area contributed by atoms with Gasteiger partial charge in [0.2, 0.25) is 5.95 Å². The number of hydrogen-bond donors (Lipinski definition) is 3. The molecule has 40 heavy (non-hydrogen) atoms. The predicted octanol–water partition coefficient (Wildman–Crippen LogP) is 4.85. The highest BCUT2D eigenvalue weighted by Crippen LogP contribution is 2.28. The standard InChI is InChI=1S/C29H36N8O2S/c1-4-12-30-28(38)24-18-31-29(32-22-16-20(2)23-11-13-37(3)19-21(23)17-22)35-27(24)34-25-9-8-10-26(33-25)36-40(39)14-6-5-7-15-40/h4,8-10,16-18H,1,5-7,11-15,19H2,2-3H3,(H,30,38)(H2,31,32,33,34,35). The number of rotatable bonds is 8. The topological polar surface area (TPSA) is 125 Å². The molecule has 1 fully saturated rings. The molecule has 5 rings (SSSR count). The van der Waals surface area contributed by atoms with Crippen LogP contribution in [0.25, 0.3) is 0 Å². The summed E-state index contributed by atoms with van der Waals surface area (Å²) in [6.45, 7) is 8.04. The second-order valence-corrected chi connectivity index (χ2v) is 12.9. The van der Waals surface area contributed by atoms with Gasteiger partial charge < -0.3 is 20.9 Å². The van der Waals surface area contributed by atoms with Gasteiger partial charge in [0.15, 0.2) is 5.82 Å². The number of pyridine rings is 1. The van der Waals surface area contributed by atoms with Crippen molar-refractivity contribution in [3.05, 3.63) is 71.4 Å². The molecule has 0 unspecified atom stereocenters.